The summed E-state index contributed by atoms with van der Waals surface area (Å²) in [5.74, 6) is 0.560. The Kier molecular flexibility index (Phi) is 7.05. The number of rotatable bonds is 6. The van der Waals surface area contributed by atoms with Crippen LogP contribution in [0.2, 0.25) is 0 Å². The van der Waals surface area contributed by atoms with Gasteiger partial charge >= 0.3 is 0 Å². The molecule has 172 valence electrons. The molecule has 33 heavy (non-hydrogen) atoms. The van der Waals surface area contributed by atoms with Crippen molar-refractivity contribution in [2.75, 3.05) is 26.2 Å². The van der Waals surface area contributed by atoms with Gasteiger partial charge in [0.25, 0.3) is 5.91 Å². The lowest BCUT2D eigenvalue weighted by molar-refractivity contribution is 0.0764. The maximum atomic E-state index is 13.0. The lowest BCUT2D eigenvalue weighted by Crippen LogP contribution is -2.37. The van der Waals surface area contributed by atoms with Crippen LogP contribution in [-0.4, -0.2) is 54.7 Å². The molecule has 2 heterocycles. The molecule has 4 rings (SSSR count). The van der Waals surface area contributed by atoms with Gasteiger partial charge in [-0.15, -0.1) is 0 Å². The molecule has 0 bridgehead atoms. The van der Waals surface area contributed by atoms with Crippen molar-refractivity contribution in [3.05, 3.63) is 89.7 Å². The fraction of sp³-hybridized carbons (Fsp3) is 0.280. The quantitative estimate of drug-likeness (QED) is 0.557. The Balaban J connectivity index is 1.36. The second kappa shape index (κ2) is 10.1. The Morgan fingerprint density at radius 2 is 1.73 bits per heavy atom. The number of carbonyl (C=O) groups is 1. The molecule has 1 amide bonds. The first-order chi connectivity index (χ1) is 15.9. The Hall–Kier alpha value is -3.23. The normalized spacial score (nSPS) is 15.1. The van der Waals surface area contributed by atoms with Crippen molar-refractivity contribution in [3.63, 3.8) is 0 Å². The maximum absolute atomic E-state index is 13.0. The molecular weight excluding hydrogens is 438 g/mol. The maximum Gasteiger partial charge on any atom is 0.253 e. The summed E-state index contributed by atoms with van der Waals surface area (Å²) in [6.45, 7) is 3.85. The van der Waals surface area contributed by atoms with Gasteiger partial charge in [-0.1, -0.05) is 23.8 Å². The molecule has 0 atom stereocenters. The summed E-state index contributed by atoms with van der Waals surface area (Å²) in [7, 11) is -3.58. The first-order valence-electron chi connectivity index (χ1n) is 10.9. The molecule has 1 aliphatic heterocycles. The number of aryl methyl sites for hydroxylation is 1. The molecule has 0 N–H and O–H groups in total. The molecule has 0 radical (unpaired) electrons. The van der Waals surface area contributed by atoms with Crippen LogP contribution in [0.1, 0.15) is 27.9 Å². The smallest absolute Gasteiger partial charge is 0.253 e. The number of nitrogens with zero attached hydrogens (tertiary/aromatic N) is 3. The predicted molar refractivity (Wildman–Crippen MR) is 125 cm³/mol. The zero-order valence-electron chi connectivity index (χ0n) is 18.6. The first-order valence-corrected chi connectivity index (χ1v) is 12.4. The summed E-state index contributed by atoms with van der Waals surface area (Å²) in [6, 6.07) is 17.7. The topological polar surface area (TPSA) is 79.8 Å². The minimum Gasteiger partial charge on any atom is -0.489 e. The third-order valence-electron chi connectivity index (χ3n) is 5.63. The molecule has 3 aromatic rings. The van der Waals surface area contributed by atoms with Crippen molar-refractivity contribution < 1.29 is 17.9 Å². The van der Waals surface area contributed by atoms with Crippen LogP contribution in [0.25, 0.3) is 0 Å². The molecule has 7 nitrogen and oxygen atoms in total. The summed E-state index contributed by atoms with van der Waals surface area (Å²) < 4.78 is 33.2. The third kappa shape index (κ3) is 5.58. The van der Waals surface area contributed by atoms with Crippen LogP contribution in [-0.2, 0) is 16.6 Å². The SMILES string of the molecule is Cc1ccc(S(=O)(=O)N2CCCN(C(=O)c3ccc(OCc4cccnc4)cc3)CC2)cc1. The van der Waals surface area contributed by atoms with E-state index >= 15 is 0 Å². The number of sulfonamides is 1. The molecule has 1 fully saturated rings. The Bertz CT molecular complexity index is 1180. The highest BCUT2D eigenvalue weighted by Crippen LogP contribution is 2.20. The second-order valence-electron chi connectivity index (χ2n) is 8.04. The van der Waals surface area contributed by atoms with Crippen molar-refractivity contribution in [2.24, 2.45) is 0 Å². The van der Waals surface area contributed by atoms with E-state index in [-0.39, 0.29) is 17.3 Å². The van der Waals surface area contributed by atoms with Crippen LogP contribution in [0.4, 0.5) is 0 Å². The van der Waals surface area contributed by atoms with Gasteiger partial charge < -0.3 is 9.64 Å². The molecule has 0 unspecified atom stereocenters. The molecule has 0 aliphatic carbocycles. The average molecular weight is 466 g/mol. The van der Waals surface area contributed by atoms with E-state index in [1.54, 1.807) is 65.8 Å². The minimum absolute atomic E-state index is 0.108. The van der Waals surface area contributed by atoms with E-state index in [4.69, 9.17) is 4.74 Å². The predicted octanol–water partition coefficient (Wildman–Crippen LogP) is 3.51. The van der Waals surface area contributed by atoms with Crippen LogP contribution >= 0.6 is 0 Å². The van der Waals surface area contributed by atoms with Crippen molar-refractivity contribution in [2.45, 2.75) is 24.8 Å². The standard InChI is InChI=1S/C25H27N3O4S/c1-20-5-11-24(12-6-20)33(30,31)28-15-3-14-27(16-17-28)25(29)22-7-9-23(10-8-22)32-19-21-4-2-13-26-18-21/h2,4-13,18H,3,14-17,19H2,1H3. The molecular formula is C25H27N3O4S. The van der Waals surface area contributed by atoms with Crippen LogP contribution in [0.3, 0.4) is 0 Å². The fourth-order valence-electron chi connectivity index (χ4n) is 3.72. The van der Waals surface area contributed by atoms with E-state index in [0.717, 1.165) is 11.1 Å². The van der Waals surface area contributed by atoms with E-state index in [0.29, 0.717) is 44.0 Å². The number of hydrogen-bond donors (Lipinski definition) is 0. The van der Waals surface area contributed by atoms with Gasteiger partial charge in [0.2, 0.25) is 10.0 Å². The summed E-state index contributed by atoms with van der Waals surface area (Å²) in [5.41, 5.74) is 2.53. The van der Waals surface area contributed by atoms with Crippen molar-refractivity contribution in [3.8, 4) is 5.75 Å². The molecule has 0 spiro atoms. The summed E-state index contributed by atoms with van der Waals surface area (Å²) in [6.07, 6.45) is 4.05. The number of hydrogen-bond acceptors (Lipinski definition) is 5. The van der Waals surface area contributed by atoms with Crippen LogP contribution in [0.15, 0.2) is 78.0 Å². The zero-order chi connectivity index (χ0) is 23.3. The highest BCUT2D eigenvalue weighted by Gasteiger charge is 2.28. The summed E-state index contributed by atoms with van der Waals surface area (Å²) >= 11 is 0. The molecule has 0 saturated carbocycles. The third-order valence-corrected chi connectivity index (χ3v) is 7.54. The van der Waals surface area contributed by atoms with Crippen molar-refractivity contribution >= 4 is 15.9 Å². The van der Waals surface area contributed by atoms with Gasteiger partial charge in [-0.25, -0.2) is 8.42 Å². The fourth-order valence-corrected chi connectivity index (χ4v) is 5.19. The highest BCUT2D eigenvalue weighted by molar-refractivity contribution is 7.89. The van der Waals surface area contributed by atoms with Gasteiger partial charge in [-0.2, -0.15) is 4.31 Å². The van der Waals surface area contributed by atoms with Gasteiger partial charge in [-0.05, 0) is 55.8 Å². The Morgan fingerprint density at radius 1 is 0.970 bits per heavy atom. The molecule has 2 aromatic carbocycles. The number of benzene rings is 2. The molecule has 1 aromatic heterocycles. The van der Waals surface area contributed by atoms with Gasteiger partial charge in [0, 0.05) is 49.7 Å². The number of ether oxygens (including phenoxy) is 1. The van der Waals surface area contributed by atoms with Crippen LogP contribution in [0, 0.1) is 6.92 Å². The minimum atomic E-state index is -3.58. The lowest BCUT2D eigenvalue weighted by atomic mass is 10.2. The van der Waals surface area contributed by atoms with Crippen LogP contribution < -0.4 is 4.74 Å². The molecule has 1 aliphatic rings. The van der Waals surface area contributed by atoms with Gasteiger partial charge in [0.15, 0.2) is 0 Å². The Labute approximate surface area is 194 Å². The largest absolute Gasteiger partial charge is 0.489 e. The second-order valence-corrected chi connectivity index (χ2v) is 9.98. The van der Waals surface area contributed by atoms with Gasteiger partial charge in [0.1, 0.15) is 12.4 Å². The Morgan fingerprint density at radius 3 is 2.42 bits per heavy atom. The average Bonchev–Trinajstić information content (AvgIpc) is 3.11. The lowest BCUT2D eigenvalue weighted by Gasteiger charge is -2.22. The van der Waals surface area contributed by atoms with E-state index < -0.39 is 10.0 Å². The van der Waals surface area contributed by atoms with Crippen molar-refractivity contribution in [1.29, 1.82) is 0 Å². The van der Waals surface area contributed by atoms with E-state index in [2.05, 4.69) is 4.98 Å². The molecule has 8 heteroatoms. The van der Waals surface area contributed by atoms with Gasteiger partial charge in [0.05, 0.1) is 4.90 Å². The van der Waals surface area contributed by atoms with E-state index in [1.165, 1.54) is 4.31 Å². The number of carbonyl (C=O) groups excluding carboxylic acids is 1. The summed E-state index contributed by atoms with van der Waals surface area (Å²) in [4.78, 5) is 19.1. The molecule has 1 saturated heterocycles. The zero-order valence-corrected chi connectivity index (χ0v) is 19.4. The summed E-state index contributed by atoms with van der Waals surface area (Å²) in [5, 5.41) is 0. The highest BCUT2D eigenvalue weighted by atomic mass is 32.2. The van der Waals surface area contributed by atoms with Gasteiger partial charge in [-0.3, -0.25) is 9.78 Å². The van der Waals surface area contributed by atoms with Crippen molar-refractivity contribution in [1.82, 2.24) is 14.2 Å². The first kappa shape index (κ1) is 22.9. The van der Waals surface area contributed by atoms with Crippen LogP contribution in [0.5, 0.6) is 5.75 Å². The van der Waals surface area contributed by atoms with E-state index in [9.17, 15) is 13.2 Å². The number of amides is 1. The number of aromatic nitrogens is 1. The monoisotopic (exact) mass is 465 g/mol. The van der Waals surface area contributed by atoms with E-state index in [1.807, 2.05) is 19.1 Å². The number of pyridine rings is 1.